The minimum absolute atomic E-state index is 0.0393. The second kappa shape index (κ2) is 6.29. The summed E-state index contributed by atoms with van der Waals surface area (Å²) >= 11 is 0. The SMILES string of the molecule is COCCNS(=O)(=O)N1CCCC(C(=O)O)C1. The monoisotopic (exact) mass is 266 g/mol. The van der Waals surface area contributed by atoms with Gasteiger partial charge in [0, 0.05) is 26.7 Å². The molecule has 0 aromatic heterocycles. The zero-order valence-corrected chi connectivity index (χ0v) is 10.6. The second-order valence-electron chi connectivity index (χ2n) is 3.93. The summed E-state index contributed by atoms with van der Waals surface area (Å²) in [5.41, 5.74) is 0. The van der Waals surface area contributed by atoms with E-state index in [1.807, 2.05) is 0 Å². The Balaban J connectivity index is 2.55. The molecular formula is C9H18N2O5S. The summed E-state index contributed by atoms with van der Waals surface area (Å²) < 4.78 is 31.9. The van der Waals surface area contributed by atoms with E-state index in [9.17, 15) is 13.2 Å². The molecule has 1 aliphatic rings. The highest BCUT2D eigenvalue weighted by Crippen LogP contribution is 2.18. The number of carboxylic acid groups (broad SMARTS) is 1. The lowest BCUT2D eigenvalue weighted by atomic mass is 10.0. The van der Waals surface area contributed by atoms with Gasteiger partial charge in [0.1, 0.15) is 0 Å². The van der Waals surface area contributed by atoms with Crippen LogP contribution >= 0.6 is 0 Å². The van der Waals surface area contributed by atoms with Gasteiger partial charge in [-0.15, -0.1) is 0 Å². The van der Waals surface area contributed by atoms with Gasteiger partial charge in [0.15, 0.2) is 0 Å². The molecule has 1 saturated heterocycles. The van der Waals surface area contributed by atoms with E-state index in [0.29, 0.717) is 19.4 Å². The van der Waals surface area contributed by atoms with Gasteiger partial charge in [0.05, 0.1) is 12.5 Å². The van der Waals surface area contributed by atoms with Gasteiger partial charge in [-0.2, -0.15) is 17.4 Å². The minimum atomic E-state index is -3.58. The largest absolute Gasteiger partial charge is 0.481 e. The summed E-state index contributed by atoms with van der Waals surface area (Å²) in [4.78, 5) is 10.8. The van der Waals surface area contributed by atoms with E-state index in [2.05, 4.69) is 4.72 Å². The highest BCUT2D eigenvalue weighted by molar-refractivity contribution is 7.87. The van der Waals surface area contributed by atoms with Gasteiger partial charge < -0.3 is 9.84 Å². The molecule has 0 radical (unpaired) electrons. The van der Waals surface area contributed by atoms with Gasteiger partial charge in [-0.05, 0) is 12.8 Å². The lowest BCUT2D eigenvalue weighted by Crippen LogP contribution is -2.48. The highest BCUT2D eigenvalue weighted by atomic mass is 32.2. The fourth-order valence-corrected chi connectivity index (χ4v) is 3.00. The van der Waals surface area contributed by atoms with Crippen LogP contribution in [-0.2, 0) is 19.7 Å². The Morgan fingerprint density at radius 3 is 2.88 bits per heavy atom. The molecule has 7 nitrogen and oxygen atoms in total. The van der Waals surface area contributed by atoms with Gasteiger partial charge in [-0.25, -0.2) is 0 Å². The first kappa shape index (κ1) is 14.4. The van der Waals surface area contributed by atoms with Crippen molar-refractivity contribution in [3.8, 4) is 0 Å². The normalized spacial score (nSPS) is 22.5. The van der Waals surface area contributed by atoms with Crippen molar-refractivity contribution in [2.75, 3.05) is 33.4 Å². The van der Waals surface area contributed by atoms with Crippen molar-refractivity contribution in [3.63, 3.8) is 0 Å². The van der Waals surface area contributed by atoms with Crippen molar-refractivity contribution in [1.29, 1.82) is 0 Å². The fraction of sp³-hybridized carbons (Fsp3) is 0.889. The molecule has 1 rings (SSSR count). The predicted octanol–water partition coefficient (Wildman–Crippen LogP) is -0.736. The Hall–Kier alpha value is -0.700. The summed E-state index contributed by atoms with van der Waals surface area (Å²) in [6, 6.07) is 0. The molecule has 1 aliphatic heterocycles. The third kappa shape index (κ3) is 4.23. The Labute approximate surface area is 101 Å². The van der Waals surface area contributed by atoms with Crippen LogP contribution in [0.1, 0.15) is 12.8 Å². The first-order valence-corrected chi connectivity index (χ1v) is 6.88. The molecule has 0 bridgehead atoms. The van der Waals surface area contributed by atoms with E-state index >= 15 is 0 Å². The molecular weight excluding hydrogens is 248 g/mol. The molecule has 1 unspecified atom stereocenters. The van der Waals surface area contributed by atoms with E-state index < -0.39 is 22.1 Å². The van der Waals surface area contributed by atoms with Gasteiger partial charge in [0.2, 0.25) is 0 Å². The molecule has 0 saturated carbocycles. The topological polar surface area (TPSA) is 95.9 Å². The standard InChI is InChI=1S/C9H18N2O5S/c1-16-6-4-10-17(14,15)11-5-2-3-8(7-11)9(12)13/h8,10H,2-7H2,1H3,(H,12,13). The van der Waals surface area contributed by atoms with Crippen LogP contribution in [0.2, 0.25) is 0 Å². The zero-order valence-electron chi connectivity index (χ0n) is 9.76. The maximum absolute atomic E-state index is 11.8. The second-order valence-corrected chi connectivity index (χ2v) is 5.68. The molecule has 0 aromatic rings. The Bertz CT molecular complexity index is 356. The summed E-state index contributed by atoms with van der Waals surface area (Å²) in [6.07, 6.45) is 1.10. The number of carbonyl (C=O) groups is 1. The van der Waals surface area contributed by atoms with Gasteiger partial charge >= 0.3 is 5.97 Å². The molecule has 0 aromatic carbocycles. The Morgan fingerprint density at radius 1 is 1.59 bits per heavy atom. The number of ether oxygens (including phenoxy) is 1. The van der Waals surface area contributed by atoms with Crippen molar-refractivity contribution in [2.45, 2.75) is 12.8 Å². The van der Waals surface area contributed by atoms with E-state index in [1.54, 1.807) is 0 Å². The fourth-order valence-electron chi connectivity index (χ4n) is 1.73. The van der Waals surface area contributed by atoms with Gasteiger partial charge in [-0.1, -0.05) is 0 Å². The maximum atomic E-state index is 11.8. The molecule has 17 heavy (non-hydrogen) atoms. The van der Waals surface area contributed by atoms with Crippen molar-refractivity contribution in [2.24, 2.45) is 5.92 Å². The first-order valence-electron chi connectivity index (χ1n) is 5.44. The van der Waals surface area contributed by atoms with Crippen molar-refractivity contribution in [1.82, 2.24) is 9.03 Å². The number of aliphatic carboxylic acids is 1. The average Bonchev–Trinajstić information content (AvgIpc) is 2.29. The van der Waals surface area contributed by atoms with Crippen molar-refractivity contribution < 1.29 is 23.1 Å². The lowest BCUT2D eigenvalue weighted by Gasteiger charge is -2.29. The molecule has 8 heteroatoms. The molecule has 2 N–H and O–H groups in total. The Morgan fingerprint density at radius 2 is 2.29 bits per heavy atom. The average molecular weight is 266 g/mol. The molecule has 1 fully saturated rings. The number of nitrogens with zero attached hydrogens (tertiary/aromatic N) is 1. The summed E-state index contributed by atoms with van der Waals surface area (Å²) in [7, 11) is -2.10. The van der Waals surface area contributed by atoms with E-state index in [-0.39, 0.29) is 19.7 Å². The zero-order chi connectivity index (χ0) is 12.9. The van der Waals surface area contributed by atoms with Crippen LogP contribution in [0.15, 0.2) is 0 Å². The Kier molecular flexibility index (Phi) is 5.31. The molecule has 100 valence electrons. The number of rotatable bonds is 6. The molecule has 1 heterocycles. The molecule has 1 atom stereocenters. The van der Waals surface area contributed by atoms with Crippen LogP contribution in [0.25, 0.3) is 0 Å². The maximum Gasteiger partial charge on any atom is 0.307 e. The van der Waals surface area contributed by atoms with E-state index in [4.69, 9.17) is 9.84 Å². The van der Waals surface area contributed by atoms with E-state index in [0.717, 1.165) is 0 Å². The van der Waals surface area contributed by atoms with Crippen molar-refractivity contribution in [3.05, 3.63) is 0 Å². The molecule has 0 spiro atoms. The third-order valence-corrected chi connectivity index (χ3v) is 4.24. The minimum Gasteiger partial charge on any atom is -0.481 e. The third-order valence-electron chi connectivity index (χ3n) is 2.66. The van der Waals surface area contributed by atoms with Crippen LogP contribution < -0.4 is 4.72 Å². The van der Waals surface area contributed by atoms with Crippen molar-refractivity contribution >= 4 is 16.2 Å². The number of carboxylic acids is 1. The molecule has 0 aliphatic carbocycles. The van der Waals surface area contributed by atoms with Crippen LogP contribution in [0.3, 0.4) is 0 Å². The quantitative estimate of drug-likeness (QED) is 0.618. The summed E-state index contributed by atoms with van der Waals surface area (Å²) in [5.74, 6) is -1.55. The van der Waals surface area contributed by atoms with Crippen LogP contribution in [0.4, 0.5) is 0 Å². The highest BCUT2D eigenvalue weighted by Gasteiger charge is 2.31. The molecule has 0 amide bonds. The number of piperidine rings is 1. The van der Waals surface area contributed by atoms with Gasteiger partial charge in [-0.3, -0.25) is 4.79 Å². The van der Waals surface area contributed by atoms with Crippen LogP contribution in [0.5, 0.6) is 0 Å². The number of hydrogen-bond acceptors (Lipinski definition) is 4. The number of nitrogens with one attached hydrogen (secondary N) is 1. The van der Waals surface area contributed by atoms with E-state index in [1.165, 1.54) is 11.4 Å². The number of methoxy groups -OCH3 is 1. The van der Waals surface area contributed by atoms with Gasteiger partial charge in [0.25, 0.3) is 10.2 Å². The first-order chi connectivity index (χ1) is 7.97. The predicted molar refractivity (Wildman–Crippen MR) is 60.7 cm³/mol. The van der Waals surface area contributed by atoms with Crippen LogP contribution in [0, 0.1) is 5.92 Å². The smallest absolute Gasteiger partial charge is 0.307 e. The summed E-state index contributed by atoms with van der Waals surface area (Å²) in [5, 5.41) is 8.87. The lowest BCUT2D eigenvalue weighted by molar-refractivity contribution is -0.142. The van der Waals surface area contributed by atoms with Crippen LogP contribution in [-0.4, -0.2) is 57.1 Å². The summed E-state index contributed by atoms with van der Waals surface area (Å²) in [6.45, 7) is 0.881. The number of hydrogen-bond donors (Lipinski definition) is 2.